The maximum Gasteiger partial charge on any atom is 0.332 e. The Morgan fingerprint density at radius 2 is 1.75 bits per heavy atom. The third-order valence-electron chi connectivity index (χ3n) is 3.73. The summed E-state index contributed by atoms with van der Waals surface area (Å²) in [4.78, 5) is 39.5. The highest BCUT2D eigenvalue weighted by Gasteiger charge is 2.19. The van der Waals surface area contributed by atoms with Crippen LogP contribution in [0.2, 0.25) is 0 Å². The number of carboxylic acids is 1. The van der Waals surface area contributed by atoms with Gasteiger partial charge in [0.25, 0.3) is 5.56 Å². The van der Waals surface area contributed by atoms with Crippen LogP contribution in [0, 0.1) is 0 Å². The van der Waals surface area contributed by atoms with Gasteiger partial charge < -0.3 is 14.6 Å². The van der Waals surface area contributed by atoms with E-state index in [1.165, 1.54) is 41.4 Å². The number of aromatic nitrogens is 4. The van der Waals surface area contributed by atoms with Gasteiger partial charge in [0.15, 0.2) is 11.2 Å². The van der Waals surface area contributed by atoms with Crippen molar-refractivity contribution in [3.05, 3.63) is 50.7 Å². The molecular formula is C15H13N4O5-. The maximum absolute atomic E-state index is 12.2. The van der Waals surface area contributed by atoms with Gasteiger partial charge in [-0.25, -0.2) is 4.79 Å². The van der Waals surface area contributed by atoms with E-state index in [1.54, 1.807) is 13.1 Å². The molecule has 0 atom stereocenters. The molecule has 0 fully saturated rings. The van der Waals surface area contributed by atoms with E-state index in [0.29, 0.717) is 0 Å². The van der Waals surface area contributed by atoms with Crippen molar-refractivity contribution in [3.63, 3.8) is 0 Å². The first kappa shape index (κ1) is 15.5. The lowest BCUT2D eigenvalue weighted by molar-refractivity contribution is -0.255. The summed E-state index contributed by atoms with van der Waals surface area (Å²) >= 11 is 0. The topological polar surface area (TPSA) is 111 Å². The van der Waals surface area contributed by atoms with Gasteiger partial charge in [-0.15, -0.1) is 0 Å². The molecule has 24 heavy (non-hydrogen) atoms. The number of ether oxygens (including phenoxy) is 1. The summed E-state index contributed by atoms with van der Waals surface area (Å²) in [7, 11) is 4.42. The number of para-hydroxylation sites is 1. The smallest absolute Gasteiger partial charge is 0.332 e. The molecule has 9 nitrogen and oxygen atoms in total. The lowest BCUT2D eigenvalue weighted by atomic mass is 10.2. The van der Waals surface area contributed by atoms with Crippen LogP contribution in [-0.2, 0) is 21.1 Å². The van der Waals surface area contributed by atoms with Gasteiger partial charge in [-0.1, -0.05) is 12.1 Å². The monoisotopic (exact) mass is 329 g/mol. The molecule has 0 saturated carbocycles. The second kappa shape index (κ2) is 5.37. The fourth-order valence-corrected chi connectivity index (χ4v) is 2.47. The van der Waals surface area contributed by atoms with Crippen molar-refractivity contribution in [1.29, 1.82) is 0 Å². The minimum absolute atomic E-state index is 0.0167. The summed E-state index contributed by atoms with van der Waals surface area (Å²) in [6.07, 6.45) is 0. The largest absolute Gasteiger partial charge is 0.545 e. The number of rotatable bonds is 3. The van der Waals surface area contributed by atoms with Crippen LogP contribution in [-0.4, -0.2) is 24.7 Å². The van der Waals surface area contributed by atoms with Crippen LogP contribution in [0.25, 0.3) is 11.2 Å². The second-order valence-electron chi connectivity index (χ2n) is 5.22. The minimum Gasteiger partial charge on any atom is -0.545 e. The summed E-state index contributed by atoms with van der Waals surface area (Å²) in [6, 6.07) is 5.90. The molecule has 1 aromatic carbocycles. The summed E-state index contributed by atoms with van der Waals surface area (Å²) in [5, 5.41) is 11.1. The Bertz CT molecular complexity index is 1090. The fraction of sp³-hybridized carbons (Fsp3) is 0.200. The molecule has 0 saturated heterocycles. The molecule has 0 radical (unpaired) electrons. The Hall–Kier alpha value is -3.36. The van der Waals surface area contributed by atoms with Crippen LogP contribution in [0.5, 0.6) is 11.8 Å². The highest BCUT2D eigenvalue weighted by Crippen LogP contribution is 2.25. The number of fused-ring (bicyclic) bond motifs is 1. The van der Waals surface area contributed by atoms with Crippen LogP contribution >= 0.6 is 0 Å². The van der Waals surface area contributed by atoms with E-state index < -0.39 is 17.2 Å². The molecule has 3 aromatic rings. The highest BCUT2D eigenvalue weighted by atomic mass is 16.5. The van der Waals surface area contributed by atoms with Crippen molar-refractivity contribution in [2.75, 3.05) is 0 Å². The van der Waals surface area contributed by atoms with Crippen LogP contribution in [0.1, 0.15) is 10.4 Å². The molecule has 9 heteroatoms. The van der Waals surface area contributed by atoms with Crippen LogP contribution in [0.3, 0.4) is 0 Å². The minimum atomic E-state index is -1.40. The molecule has 3 rings (SSSR count). The van der Waals surface area contributed by atoms with E-state index in [1.807, 2.05) is 0 Å². The lowest BCUT2D eigenvalue weighted by Gasteiger charge is -2.11. The number of hydrogen-bond acceptors (Lipinski definition) is 6. The zero-order valence-corrected chi connectivity index (χ0v) is 13.1. The molecule has 0 spiro atoms. The van der Waals surface area contributed by atoms with E-state index in [-0.39, 0.29) is 28.5 Å². The van der Waals surface area contributed by atoms with E-state index in [4.69, 9.17) is 4.74 Å². The second-order valence-corrected chi connectivity index (χ2v) is 5.22. The van der Waals surface area contributed by atoms with Crippen molar-refractivity contribution < 1.29 is 14.6 Å². The number of carbonyl (C=O) groups is 1. The molecule has 124 valence electrons. The molecule has 0 aliphatic rings. The summed E-state index contributed by atoms with van der Waals surface area (Å²) in [6.45, 7) is 0. The number of carboxylic acid groups (broad SMARTS) is 1. The summed E-state index contributed by atoms with van der Waals surface area (Å²) < 4.78 is 9.15. The van der Waals surface area contributed by atoms with E-state index in [9.17, 15) is 19.5 Å². The van der Waals surface area contributed by atoms with Gasteiger partial charge in [0.05, 0.1) is 5.97 Å². The quantitative estimate of drug-likeness (QED) is 0.617. The van der Waals surface area contributed by atoms with Crippen LogP contribution in [0.15, 0.2) is 33.9 Å². The van der Waals surface area contributed by atoms with Crippen molar-refractivity contribution >= 4 is 17.1 Å². The van der Waals surface area contributed by atoms with Crippen molar-refractivity contribution in [2.45, 2.75) is 0 Å². The molecule has 0 aliphatic carbocycles. The number of nitrogens with zero attached hydrogens (tertiary/aromatic N) is 4. The number of aromatic carboxylic acids is 1. The highest BCUT2D eigenvalue weighted by molar-refractivity contribution is 5.89. The number of aryl methyl sites for hydroxylation is 2. The number of hydrogen-bond donors (Lipinski definition) is 0. The first-order valence-corrected chi connectivity index (χ1v) is 6.93. The van der Waals surface area contributed by atoms with Gasteiger partial charge in [0, 0.05) is 26.7 Å². The third-order valence-corrected chi connectivity index (χ3v) is 3.73. The van der Waals surface area contributed by atoms with E-state index >= 15 is 0 Å². The molecule has 2 heterocycles. The number of imidazole rings is 1. The Morgan fingerprint density at radius 1 is 1.08 bits per heavy atom. The number of carbonyl (C=O) groups excluding carboxylic acids is 1. The van der Waals surface area contributed by atoms with E-state index in [2.05, 4.69) is 4.98 Å². The molecule has 0 amide bonds. The Kier molecular flexibility index (Phi) is 3.48. The van der Waals surface area contributed by atoms with Gasteiger partial charge in [0.2, 0.25) is 0 Å². The summed E-state index contributed by atoms with van der Waals surface area (Å²) in [5.41, 5.74) is -0.901. The Morgan fingerprint density at radius 3 is 2.42 bits per heavy atom. The predicted molar refractivity (Wildman–Crippen MR) is 82.0 cm³/mol. The normalized spacial score (nSPS) is 11.0. The first-order valence-electron chi connectivity index (χ1n) is 6.93. The first-order chi connectivity index (χ1) is 11.3. The predicted octanol–water partition coefficient (Wildman–Crippen LogP) is -0.874. The van der Waals surface area contributed by atoms with Gasteiger partial charge in [0.1, 0.15) is 5.75 Å². The average Bonchev–Trinajstić information content (AvgIpc) is 2.88. The Balaban J connectivity index is 2.23. The van der Waals surface area contributed by atoms with Crippen LogP contribution < -0.4 is 21.1 Å². The average molecular weight is 329 g/mol. The number of benzene rings is 1. The molecule has 2 aromatic heterocycles. The molecule has 0 N–H and O–H groups in total. The Labute approximate surface area is 135 Å². The zero-order chi connectivity index (χ0) is 17.6. The third kappa shape index (κ3) is 2.18. The van der Waals surface area contributed by atoms with Gasteiger partial charge in [-0.05, 0) is 12.1 Å². The fourth-order valence-electron chi connectivity index (χ4n) is 2.47. The standard InChI is InChI=1S/C15H14N4O5/c1-17-11-10(12(20)19(3)15(23)18(11)2)16-14(17)24-9-7-5-4-6-8(9)13(21)22/h4-7H,1-3H3,(H,21,22)/p-1. The van der Waals surface area contributed by atoms with Gasteiger partial charge in [-0.2, -0.15) is 4.98 Å². The SMILES string of the molecule is Cn1c(=O)c2nc(Oc3ccccc3C(=O)[O-])n(C)c2n(C)c1=O. The molecule has 0 bridgehead atoms. The lowest BCUT2D eigenvalue weighted by Crippen LogP contribution is -2.37. The van der Waals surface area contributed by atoms with E-state index in [0.717, 1.165) is 4.57 Å². The van der Waals surface area contributed by atoms with Gasteiger partial charge >= 0.3 is 11.7 Å². The summed E-state index contributed by atoms with van der Waals surface area (Å²) in [5.74, 6) is -1.37. The van der Waals surface area contributed by atoms with Crippen molar-refractivity contribution in [3.8, 4) is 11.8 Å². The van der Waals surface area contributed by atoms with Crippen molar-refractivity contribution in [1.82, 2.24) is 18.7 Å². The zero-order valence-electron chi connectivity index (χ0n) is 13.1. The van der Waals surface area contributed by atoms with Crippen LogP contribution in [0.4, 0.5) is 0 Å². The maximum atomic E-state index is 12.2. The van der Waals surface area contributed by atoms with Gasteiger partial charge in [-0.3, -0.25) is 18.5 Å². The molecule has 0 unspecified atom stereocenters. The van der Waals surface area contributed by atoms with Crippen molar-refractivity contribution in [2.24, 2.45) is 21.1 Å². The molecular weight excluding hydrogens is 316 g/mol. The molecule has 0 aliphatic heterocycles.